The van der Waals surface area contributed by atoms with Crippen molar-refractivity contribution in [1.29, 1.82) is 0 Å². The Morgan fingerprint density at radius 1 is 0.403 bits per heavy atom. The first-order chi connectivity index (χ1) is 34.5. The minimum atomic E-state index is -1.49. The molecule has 0 aliphatic heterocycles. The van der Waals surface area contributed by atoms with Gasteiger partial charge < -0.3 is 62.2 Å². The van der Waals surface area contributed by atoms with Gasteiger partial charge >= 0.3 is 23.9 Å². The Balaban J connectivity index is 4.11. The quantitative estimate of drug-likeness (QED) is 0.0307. The Kier molecular flexibility index (Phi) is 40.9. The van der Waals surface area contributed by atoms with E-state index >= 15 is 0 Å². The molecule has 24 heteroatoms. The summed E-state index contributed by atoms with van der Waals surface area (Å²) in [5.41, 5.74) is 10.7. The van der Waals surface area contributed by atoms with Crippen molar-refractivity contribution in [2.75, 3.05) is 46.6 Å². The second-order valence-corrected chi connectivity index (χ2v) is 17.8. The van der Waals surface area contributed by atoms with E-state index < -0.39 is 90.6 Å². The number of nitrogens with two attached hydrogens (primary N) is 1. The molecule has 0 saturated heterocycles. The molecule has 0 spiro atoms. The first-order valence-electron chi connectivity index (χ1n) is 25.6. The van der Waals surface area contributed by atoms with E-state index in [1.165, 1.54) is 51.4 Å². The van der Waals surface area contributed by atoms with Gasteiger partial charge in [-0.2, -0.15) is 0 Å². The summed E-state index contributed by atoms with van der Waals surface area (Å²) in [7, 11) is 1.60. The second kappa shape index (κ2) is 44.3. The number of carbonyl (C=O) groups excluding carboxylic acids is 6. The van der Waals surface area contributed by atoms with Gasteiger partial charge in [0.1, 0.15) is 24.7 Å². The summed E-state index contributed by atoms with van der Waals surface area (Å²) in [5, 5.41) is 49.5. The predicted octanol–water partition coefficient (Wildman–Crippen LogP) is 2.16. The Morgan fingerprint density at radius 3 is 1.22 bits per heavy atom. The maximum absolute atomic E-state index is 12.5. The summed E-state index contributed by atoms with van der Waals surface area (Å²) in [6, 6.07) is -4.70. The SMILES string of the molecule is CNN[C@@H](CCCCNC(=O)CC[C@H](NC(=O)CC[C@H](NC(=O)COCCOCCNC(=O)CC[C@H](NC(=O)CCCCCCCCCCCCCCCCCCC(=O)O)C(=O)O)C(=O)O)C(=O)O)C(N)=O. The fourth-order valence-corrected chi connectivity index (χ4v) is 7.39. The predicted molar refractivity (Wildman–Crippen MR) is 264 cm³/mol. The number of nitrogens with one attached hydrogen (secondary N) is 7. The van der Waals surface area contributed by atoms with E-state index in [1.807, 2.05) is 0 Å². The highest BCUT2D eigenvalue weighted by Crippen LogP contribution is 2.15. The number of primary amides is 1. The third-order valence-corrected chi connectivity index (χ3v) is 11.5. The fourth-order valence-electron chi connectivity index (χ4n) is 7.39. The zero-order valence-electron chi connectivity index (χ0n) is 42.4. The lowest BCUT2D eigenvalue weighted by Gasteiger charge is -2.17. The Labute approximate surface area is 423 Å². The van der Waals surface area contributed by atoms with Crippen molar-refractivity contribution in [2.45, 2.75) is 198 Å². The standard InChI is InChI=1S/C48H86N8O16/c1-50-56-35(45(49)64)20-18-19-29-51-39(57)26-23-37(47(67)68)54-42(60)28-25-38(48(69)70)55-43(61)34-72-33-32-71-31-30-52-40(58)27-24-36(46(65)66)53-41(59)21-16-14-12-10-8-6-4-2-3-5-7-9-11-13-15-17-22-44(62)63/h35-38,50,56H,2-34H2,1H3,(H2,49,64)(H,51,57)(H,52,58)(H,53,59)(H,54,60)(H,55,61)(H,62,63)(H,65,66)(H,67,68)(H,69,70)/t35-,36-,37-,38-/m0/s1. The van der Waals surface area contributed by atoms with Crippen molar-refractivity contribution in [2.24, 2.45) is 5.73 Å². The van der Waals surface area contributed by atoms with Gasteiger partial charge in [0.05, 0.1) is 25.9 Å². The van der Waals surface area contributed by atoms with Crippen LogP contribution in [0.1, 0.15) is 173 Å². The summed E-state index contributed by atoms with van der Waals surface area (Å²) in [5.74, 6) is -8.16. The van der Waals surface area contributed by atoms with E-state index in [0.29, 0.717) is 25.7 Å². The third kappa shape index (κ3) is 40.2. The third-order valence-electron chi connectivity index (χ3n) is 11.5. The van der Waals surface area contributed by atoms with Crippen LogP contribution in [0, 0.1) is 0 Å². The number of ether oxygens (including phenoxy) is 2. The summed E-state index contributed by atoms with van der Waals surface area (Å²) in [4.78, 5) is 119. The molecule has 0 aliphatic carbocycles. The molecule has 24 nitrogen and oxygen atoms in total. The summed E-state index contributed by atoms with van der Waals surface area (Å²) in [6.07, 6.45) is 17.9. The molecule has 0 aromatic heterocycles. The number of aliphatic carboxylic acids is 4. The van der Waals surface area contributed by atoms with Crippen LogP contribution in [0.3, 0.4) is 0 Å². The molecule has 0 fully saturated rings. The van der Waals surface area contributed by atoms with Gasteiger partial charge in [0, 0.05) is 45.2 Å². The lowest BCUT2D eigenvalue weighted by Crippen LogP contribution is -2.46. The van der Waals surface area contributed by atoms with Gasteiger partial charge in [0.15, 0.2) is 0 Å². The first kappa shape index (κ1) is 66.5. The second-order valence-electron chi connectivity index (χ2n) is 17.8. The molecule has 0 saturated carbocycles. The fraction of sp³-hybridized carbons (Fsp3) is 0.792. The highest BCUT2D eigenvalue weighted by molar-refractivity contribution is 5.87. The largest absolute Gasteiger partial charge is 0.481 e. The normalized spacial score (nSPS) is 12.7. The summed E-state index contributed by atoms with van der Waals surface area (Å²) in [6.45, 7) is -0.143. The maximum atomic E-state index is 12.5. The zero-order chi connectivity index (χ0) is 53.8. The van der Waals surface area contributed by atoms with Gasteiger partial charge in [-0.1, -0.05) is 89.9 Å². The summed E-state index contributed by atoms with van der Waals surface area (Å²) >= 11 is 0. The molecule has 0 aromatic rings. The molecule has 0 aliphatic rings. The molecule has 0 bridgehead atoms. The topological polar surface area (TPSA) is 380 Å². The Bertz CT molecular complexity index is 1610. The molecular formula is C48H86N8O16. The molecule has 0 radical (unpaired) electrons. The first-order valence-corrected chi connectivity index (χ1v) is 25.6. The van der Waals surface area contributed by atoms with Crippen LogP contribution < -0.4 is 43.2 Å². The van der Waals surface area contributed by atoms with Crippen LogP contribution in [0.25, 0.3) is 0 Å². The number of hydrogen-bond donors (Lipinski definition) is 12. The van der Waals surface area contributed by atoms with Crippen molar-refractivity contribution in [3.05, 3.63) is 0 Å². The highest BCUT2D eigenvalue weighted by Gasteiger charge is 2.25. The van der Waals surface area contributed by atoms with Crippen molar-refractivity contribution < 1.29 is 77.8 Å². The monoisotopic (exact) mass is 1030 g/mol. The minimum absolute atomic E-state index is 0.0163. The summed E-state index contributed by atoms with van der Waals surface area (Å²) < 4.78 is 10.6. The van der Waals surface area contributed by atoms with Crippen molar-refractivity contribution in [1.82, 2.24) is 37.4 Å². The van der Waals surface area contributed by atoms with Gasteiger partial charge in [0.2, 0.25) is 35.4 Å². The molecule has 4 atom stereocenters. The van der Waals surface area contributed by atoms with Crippen LogP contribution in [0.5, 0.6) is 0 Å². The Hall–Kier alpha value is -5.46. The Morgan fingerprint density at radius 2 is 0.792 bits per heavy atom. The maximum Gasteiger partial charge on any atom is 0.326 e. The van der Waals surface area contributed by atoms with Gasteiger partial charge in [0.25, 0.3) is 0 Å². The lowest BCUT2D eigenvalue weighted by atomic mass is 10.0. The van der Waals surface area contributed by atoms with Crippen LogP contribution in [0.4, 0.5) is 0 Å². The number of rotatable bonds is 50. The molecule has 72 heavy (non-hydrogen) atoms. The molecule has 0 heterocycles. The van der Waals surface area contributed by atoms with Gasteiger partial charge in [-0.25, -0.2) is 19.8 Å². The average Bonchev–Trinajstić information content (AvgIpc) is 3.32. The van der Waals surface area contributed by atoms with E-state index in [2.05, 4.69) is 37.4 Å². The number of hydrazine groups is 1. The van der Waals surface area contributed by atoms with Gasteiger partial charge in [-0.3, -0.25) is 39.0 Å². The highest BCUT2D eigenvalue weighted by atomic mass is 16.5. The van der Waals surface area contributed by atoms with Crippen LogP contribution in [0.2, 0.25) is 0 Å². The number of carboxylic acid groups (broad SMARTS) is 4. The van der Waals surface area contributed by atoms with E-state index in [0.717, 1.165) is 44.9 Å². The lowest BCUT2D eigenvalue weighted by molar-refractivity contribution is -0.144. The van der Waals surface area contributed by atoms with Crippen LogP contribution in [0.15, 0.2) is 0 Å². The van der Waals surface area contributed by atoms with Gasteiger partial charge in [-0.05, 0) is 58.4 Å². The van der Waals surface area contributed by atoms with E-state index in [1.54, 1.807) is 7.05 Å². The molecule has 6 amide bonds. The number of hydrogen-bond acceptors (Lipinski definition) is 14. The van der Waals surface area contributed by atoms with Crippen molar-refractivity contribution in [3.8, 4) is 0 Å². The molecule has 0 aromatic carbocycles. The van der Waals surface area contributed by atoms with Crippen molar-refractivity contribution in [3.63, 3.8) is 0 Å². The number of carboxylic acids is 4. The van der Waals surface area contributed by atoms with Gasteiger partial charge in [-0.15, -0.1) is 0 Å². The van der Waals surface area contributed by atoms with Crippen molar-refractivity contribution >= 4 is 59.3 Å². The van der Waals surface area contributed by atoms with Crippen LogP contribution >= 0.6 is 0 Å². The van der Waals surface area contributed by atoms with E-state index in [-0.39, 0.29) is 83.8 Å². The molecule has 13 N–H and O–H groups in total. The number of amides is 6. The zero-order valence-corrected chi connectivity index (χ0v) is 42.4. The molecule has 0 unspecified atom stereocenters. The van der Waals surface area contributed by atoms with E-state index in [9.17, 15) is 63.3 Å². The van der Waals surface area contributed by atoms with Crippen LogP contribution in [-0.4, -0.2) is 150 Å². The molecule has 414 valence electrons. The van der Waals surface area contributed by atoms with Crippen LogP contribution in [-0.2, 0) is 57.4 Å². The number of unbranched alkanes of at least 4 members (excludes halogenated alkanes) is 16. The average molecular weight is 1030 g/mol. The minimum Gasteiger partial charge on any atom is -0.481 e. The van der Waals surface area contributed by atoms with E-state index in [4.69, 9.17) is 20.3 Å². The number of carbonyl (C=O) groups is 10. The smallest absolute Gasteiger partial charge is 0.326 e. The molecule has 0 rings (SSSR count). The molecular weight excluding hydrogens is 945 g/mol.